The average molecular weight is 302 g/mol. The number of ether oxygens (including phenoxy) is 2. The SMILES string of the molecule is C=C(C)C(=O)OCCCOC(=O)/C=C/c1ccc(CC)cc1. The molecule has 0 heterocycles. The first-order valence-electron chi connectivity index (χ1n) is 7.29. The second-order valence-corrected chi connectivity index (χ2v) is 4.87. The summed E-state index contributed by atoms with van der Waals surface area (Å²) in [6.07, 6.45) is 4.55. The van der Waals surface area contributed by atoms with Crippen molar-refractivity contribution in [2.75, 3.05) is 13.2 Å². The van der Waals surface area contributed by atoms with Crippen LogP contribution < -0.4 is 0 Å². The number of esters is 2. The smallest absolute Gasteiger partial charge is 0.333 e. The molecule has 0 bridgehead atoms. The Hall–Kier alpha value is -2.36. The van der Waals surface area contributed by atoms with E-state index >= 15 is 0 Å². The van der Waals surface area contributed by atoms with Crippen molar-refractivity contribution in [2.24, 2.45) is 0 Å². The molecule has 0 aliphatic rings. The molecule has 0 atom stereocenters. The van der Waals surface area contributed by atoms with E-state index in [4.69, 9.17) is 9.47 Å². The summed E-state index contributed by atoms with van der Waals surface area (Å²) in [5.41, 5.74) is 2.56. The Morgan fingerprint density at radius 2 is 1.77 bits per heavy atom. The van der Waals surface area contributed by atoms with Gasteiger partial charge in [0, 0.05) is 18.1 Å². The van der Waals surface area contributed by atoms with Gasteiger partial charge in [-0.1, -0.05) is 37.8 Å². The van der Waals surface area contributed by atoms with Gasteiger partial charge in [0.1, 0.15) is 0 Å². The van der Waals surface area contributed by atoms with Crippen molar-refractivity contribution < 1.29 is 19.1 Å². The number of benzene rings is 1. The van der Waals surface area contributed by atoms with E-state index in [-0.39, 0.29) is 13.2 Å². The second-order valence-electron chi connectivity index (χ2n) is 4.87. The largest absolute Gasteiger partial charge is 0.462 e. The van der Waals surface area contributed by atoms with E-state index in [0.29, 0.717) is 12.0 Å². The molecule has 118 valence electrons. The maximum absolute atomic E-state index is 11.5. The number of carbonyl (C=O) groups excluding carboxylic acids is 2. The number of rotatable bonds is 8. The van der Waals surface area contributed by atoms with Crippen LogP contribution in [0.15, 0.2) is 42.5 Å². The van der Waals surface area contributed by atoms with Gasteiger partial charge in [0.25, 0.3) is 0 Å². The monoisotopic (exact) mass is 302 g/mol. The van der Waals surface area contributed by atoms with Gasteiger partial charge in [-0.15, -0.1) is 0 Å². The normalized spacial score (nSPS) is 10.5. The molecule has 1 aromatic carbocycles. The van der Waals surface area contributed by atoms with Crippen molar-refractivity contribution in [3.8, 4) is 0 Å². The first-order chi connectivity index (χ1) is 10.5. The molecule has 4 nitrogen and oxygen atoms in total. The van der Waals surface area contributed by atoms with E-state index in [1.807, 2.05) is 24.3 Å². The van der Waals surface area contributed by atoms with Crippen LogP contribution in [-0.4, -0.2) is 25.2 Å². The predicted molar refractivity (Wildman–Crippen MR) is 86.2 cm³/mol. The van der Waals surface area contributed by atoms with Crippen molar-refractivity contribution in [1.82, 2.24) is 0 Å². The first kappa shape index (κ1) is 17.7. The lowest BCUT2D eigenvalue weighted by Crippen LogP contribution is -2.09. The van der Waals surface area contributed by atoms with Gasteiger partial charge in [-0.3, -0.25) is 0 Å². The van der Waals surface area contributed by atoms with E-state index in [0.717, 1.165) is 12.0 Å². The number of carbonyl (C=O) groups is 2. The van der Waals surface area contributed by atoms with Crippen LogP contribution in [0, 0.1) is 0 Å². The van der Waals surface area contributed by atoms with Gasteiger partial charge in [0.2, 0.25) is 0 Å². The molecule has 0 amide bonds. The van der Waals surface area contributed by atoms with Crippen LogP contribution in [0.2, 0.25) is 0 Å². The molecule has 0 fully saturated rings. The fourth-order valence-corrected chi connectivity index (χ4v) is 1.60. The summed E-state index contributed by atoms with van der Waals surface area (Å²) in [4.78, 5) is 22.6. The fraction of sp³-hybridized carbons (Fsp3) is 0.333. The summed E-state index contributed by atoms with van der Waals surface area (Å²) in [6.45, 7) is 7.57. The molecule has 22 heavy (non-hydrogen) atoms. The Labute approximate surface area is 131 Å². The molecule has 0 radical (unpaired) electrons. The second kappa shape index (κ2) is 9.55. The molecular formula is C18H22O4. The van der Waals surface area contributed by atoms with E-state index in [2.05, 4.69) is 13.5 Å². The predicted octanol–water partition coefficient (Wildman–Crippen LogP) is 3.31. The molecule has 0 aromatic heterocycles. The minimum atomic E-state index is -0.429. The van der Waals surface area contributed by atoms with Crippen molar-refractivity contribution in [3.05, 3.63) is 53.6 Å². The molecule has 1 rings (SSSR count). The maximum Gasteiger partial charge on any atom is 0.333 e. The van der Waals surface area contributed by atoms with Gasteiger partial charge in [-0.2, -0.15) is 0 Å². The van der Waals surface area contributed by atoms with Gasteiger partial charge in [0.15, 0.2) is 0 Å². The zero-order valence-electron chi connectivity index (χ0n) is 13.1. The van der Waals surface area contributed by atoms with Crippen molar-refractivity contribution >= 4 is 18.0 Å². The lowest BCUT2D eigenvalue weighted by atomic mass is 10.1. The summed E-state index contributed by atoms with van der Waals surface area (Å²) in [5, 5.41) is 0. The van der Waals surface area contributed by atoms with Gasteiger partial charge in [-0.05, 0) is 30.5 Å². The number of aryl methyl sites for hydroxylation is 1. The highest BCUT2D eigenvalue weighted by Gasteiger charge is 2.03. The third-order valence-corrected chi connectivity index (χ3v) is 2.91. The molecule has 0 aliphatic heterocycles. The van der Waals surface area contributed by atoms with E-state index in [1.54, 1.807) is 13.0 Å². The van der Waals surface area contributed by atoms with Gasteiger partial charge in [-0.25, -0.2) is 9.59 Å². The molecule has 0 aliphatic carbocycles. The summed E-state index contributed by atoms with van der Waals surface area (Å²) < 4.78 is 9.90. The van der Waals surface area contributed by atoms with Gasteiger partial charge < -0.3 is 9.47 Å². The highest BCUT2D eigenvalue weighted by Crippen LogP contribution is 2.06. The standard InChI is InChI=1S/C18H22O4/c1-4-15-6-8-16(9-7-15)10-11-17(19)21-12-5-13-22-18(20)14(2)3/h6-11H,2,4-5,12-13H2,1,3H3/b11-10+. The number of hydrogen-bond donors (Lipinski definition) is 0. The van der Waals surface area contributed by atoms with Crippen molar-refractivity contribution in [3.63, 3.8) is 0 Å². The molecule has 0 saturated carbocycles. The Balaban J connectivity index is 2.23. The summed E-state index contributed by atoms with van der Waals surface area (Å²) in [7, 11) is 0. The van der Waals surface area contributed by atoms with E-state index in [9.17, 15) is 9.59 Å². The third kappa shape index (κ3) is 6.88. The molecule has 0 N–H and O–H groups in total. The highest BCUT2D eigenvalue weighted by atomic mass is 16.5. The van der Waals surface area contributed by atoms with Crippen LogP contribution in [0.25, 0.3) is 6.08 Å². The minimum Gasteiger partial charge on any atom is -0.462 e. The highest BCUT2D eigenvalue weighted by molar-refractivity contribution is 5.87. The summed E-state index contributed by atoms with van der Waals surface area (Å²) in [6, 6.07) is 7.97. The molecular weight excluding hydrogens is 280 g/mol. The Morgan fingerprint density at radius 3 is 2.36 bits per heavy atom. The van der Waals surface area contributed by atoms with E-state index in [1.165, 1.54) is 11.6 Å². The molecule has 4 heteroatoms. The molecule has 0 saturated heterocycles. The lowest BCUT2D eigenvalue weighted by Gasteiger charge is -2.04. The van der Waals surface area contributed by atoms with Crippen molar-refractivity contribution in [2.45, 2.75) is 26.7 Å². The average Bonchev–Trinajstić information content (AvgIpc) is 2.52. The Morgan fingerprint density at radius 1 is 1.14 bits per heavy atom. The van der Waals surface area contributed by atoms with Gasteiger partial charge >= 0.3 is 11.9 Å². The van der Waals surface area contributed by atoms with Crippen LogP contribution >= 0.6 is 0 Å². The molecule has 1 aromatic rings. The van der Waals surface area contributed by atoms with Crippen LogP contribution in [0.1, 0.15) is 31.4 Å². The maximum atomic E-state index is 11.5. The Kier molecular flexibility index (Phi) is 7.68. The third-order valence-electron chi connectivity index (χ3n) is 2.91. The van der Waals surface area contributed by atoms with Crippen molar-refractivity contribution in [1.29, 1.82) is 0 Å². The van der Waals surface area contributed by atoms with Crippen LogP contribution in [0.3, 0.4) is 0 Å². The summed E-state index contributed by atoms with van der Waals surface area (Å²) >= 11 is 0. The van der Waals surface area contributed by atoms with Gasteiger partial charge in [0.05, 0.1) is 13.2 Å². The van der Waals surface area contributed by atoms with Crippen LogP contribution in [-0.2, 0) is 25.5 Å². The first-order valence-corrected chi connectivity index (χ1v) is 7.29. The van der Waals surface area contributed by atoms with E-state index < -0.39 is 11.9 Å². The molecule has 0 unspecified atom stereocenters. The topological polar surface area (TPSA) is 52.6 Å². The molecule has 0 spiro atoms. The van der Waals surface area contributed by atoms with Crippen LogP contribution in [0.5, 0.6) is 0 Å². The quantitative estimate of drug-likeness (QED) is 0.420. The number of hydrogen-bond acceptors (Lipinski definition) is 4. The lowest BCUT2D eigenvalue weighted by molar-refractivity contribution is -0.140. The minimum absolute atomic E-state index is 0.209. The fourth-order valence-electron chi connectivity index (χ4n) is 1.60. The summed E-state index contributed by atoms with van der Waals surface area (Å²) in [5.74, 6) is -0.840. The zero-order valence-corrected chi connectivity index (χ0v) is 13.1. The zero-order chi connectivity index (χ0) is 16.4. The Bertz CT molecular complexity index is 541. The van der Waals surface area contributed by atoms with Crippen LogP contribution in [0.4, 0.5) is 0 Å².